The molecule has 1 N–H and O–H groups in total. The van der Waals surface area contributed by atoms with Crippen LogP contribution in [0.5, 0.6) is 0 Å². The molecule has 120 valence electrons. The highest BCUT2D eigenvalue weighted by molar-refractivity contribution is 5.95. The molecule has 0 radical (unpaired) electrons. The van der Waals surface area contributed by atoms with Gasteiger partial charge in [-0.05, 0) is 43.7 Å². The van der Waals surface area contributed by atoms with Crippen molar-refractivity contribution in [3.63, 3.8) is 0 Å². The molecule has 0 aromatic carbocycles. The minimum Gasteiger partial charge on any atom is -0.481 e. The van der Waals surface area contributed by atoms with E-state index in [1.165, 1.54) is 0 Å². The quantitative estimate of drug-likeness (QED) is 0.920. The number of aromatic nitrogens is 3. The molecule has 0 unspecified atom stereocenters. The fourth-order valence-corrected chi connectivity index (χ4v) is 3.57. The molecule has 0 bridgehead atoms. The molecule has 1 aliphatic carbocycles. The van der Waals surface area contributed by atoms with Crippen molar-refractivity contribution in [2.24, 2.45) is 17.8 Å². The van der Waals surface area contributed by atoms with Crippen LogP contribution in [0, 0.1) is 24.7 Å². The highest BCUT2D eigenvalue weighted by atomic mass is 16.4. The number of fused-ring (bicyclic) bond motifs is 1. The summed E-state index contributed by atoms with van der Waals surface area (Å²) >= 11 is 0. The number of carbonyl (C=O) groups is 2. The zero-order chi connectivity index (χ0) is 16.1. The Morgan fingerprint density at radius 3 is 2.70 bits per heavy atom. The molecule has 2 aromatic heterocycles. The molecular formula is C16H18N4O3. The van der Waals surface area contributed by atoms with E-state index in [1.807, 2.05) is 6.92 Å². The zero-order valence-electron chi connectivity index (χ0n) is 12.8. The molecule has 3 heterocycles. The third kappa shape index (κ3) is 2.36. The first-order valence-electron chi connectivity index (χ1n) is 7.88. The first-order valence-corrected chi connectivity index (χ1v) is 7.88. The topological polar surface area (TPSA) is 87.8 Å². The first-order chi connectivity index (χ1) is 11.0. The number of carbonyl (C=O) groups excluding carboxylic acids is 1. The molecule has 1 saturated heterocycles. The lowest BCUT2D eigenvalue weighted by atomic mass is 9.92. The summed E-state index contributed by atoms with van der Waals surface area (Å²) in [5.74, 6) is -0.0628. The first kappa shape index (κ1) is 14.2. The Balaban J connectivity index is 1.60. The van der Waals surface area contributed by atoms with Gasteiger partial charge in [-0.2, -0.15) is 0 Å². The van der Waals surface area contributed by atoms with E-state index in [-0.39, 0.29) is 11.8 Å². The molecule has 2 atom stereocenters. The number of pyridine rings is 1. The van der Waals surface area contributed by atoms with E-state index in [0.29, 0.717) is 30.2 Å². The van der Waals surface area contributed by atoms with Gasteiger partial charge >= 0.3 is 5.97 Å². The maximum Gasteiger partial charge on any atom is 0.308 e. The average Bonchev–Trinajstić information content (AvgIpc) is 3.18. The fraction of sp³-hybridized carbons (Fsp3) is 0.500. The van der Waals surface area contributed by atoms with Gasteiger partial charge in [0.25, 0.3) is 5.91 Å². The minimum atomic E-state index is -0.790. The lowest BCUT2D eigenvalue weighted by Crippen LogP contribution is -2.30. The van der Waals surface area contributed by atoms with Crippen LogP contribution in [-0.2, 0) is 4.79 Å². The van der Waals surface area contributed by atoms with Crippen LogP contribution < -0.4 is 0 Å². The Morgan fingerprint density at radius 2 is 2.00 bits per heavy atom. The molecule has 4 rings (SSSR count). The number of hydrogen-bond donors (Lipinski definition) is 1. The van der Waals surface area contributed by atoms with E-state index >= 15 is 0 Å². The number of hydrogen-bond acceptors (Lipinski definition) is 4. The van der Waals surface area contributed by atoms with Crippen molar-refractivity contribution in [3.8, 4) is 0 Å². The van der Waals surface area contributed by atoms with Crippen LogP contribution in [0.2, 0.25) is 0 Å². The summed E-state index contributed by atoms with van der Waals surface area (Å²) < 4.78 is 1.77. The summed E-state index contributed by atoms with van der Waals surface area (Å²) in [6.45, 7) is 2.67. The summed E-state index contributed by atoms with van der Waals surface area (Å²) in [5.41, 5.74) is 1.24. The summed E-state index contributed by atoms with van der Waals surface area (Å²) in [4.78, 5) is 25.9. The SMILES string of the molecule is Cc1nnc2ccc(C(=O)N3C[C@H](C(=O)O)[C@@H](C4CC4)C3)cn12. The number of carboxylic acid groups (broad SMARTS) is 1. The van der Waals surface area contributed by atoms with E-state index in [9.17, 15) is 14.7 Å². The van der Waals surface area contributed by atoms with E-state index in [2.05, 4.69) is 10.2 Å². The molecule has 1 saturated carbocycles. The van der Waals surface area contributed by atoms with Gasteiger partial charge in [0, 0.05) is 19.3 Å². The van der Waals surface area contributed by atoms with Crippen molar-refractivity contribution >= 4 is 17.5 Å². The average molecular weight is 314 g/mol. The summed E-state index contributed by atoms with van der Waals surface area (Å²) in [6.07, 6.45) is 3.90. The number of amides is 1. The van der Waals surface area contributed by atoms with Gasteiger partial charge in [0.1, 0.15) is 5.82 Å². The van der Waals surface area contributed by atoms with Gasteiger partial charge < -0.3 is 10.0 Å². The highest BCUT2D eigenvalue weighted by Gasteiger charge is 2.46. The van der Waals surface area contributed by atoms with Crippen molar-refractivity contribution < 1.29 is 14.7 Å². The lowest BCUT2D eigenvalue weighted by molar-refractivity contribution is -0.142. The number of likely N-dealkylation sites (tertiary alicyclic amines) is 1. The Kier molecular flexibility index (Phi) is 3.11. The molecular weight excluding hydrogens is 296 g/mol. The van der Waals surface area contributed by atoms with E-state index < -0.39 is 11.9 Å². The van der Waals surface area contributed by atoms with E-state index in [0.717, 1.165) is 18.7 Å². The molecule has 23 heavy (non-hydrogen) atoms. The molecule has 7 nitrogen and oxygen atoms in total. The van der Waals surface area contributed by atoms with Crippen LogP contribution in [0.15, 0.2) is 18.3 Å². The Bertz CT molecular complexity index is 796. The normalized spacial score (nSPS) is 24.3. The molecule has 2 fully saturated rings. The van der Waals surface area contributed by atoms with Gasteiger partial charge in [-0.25, -0.2) is 0 Å². The Morgan fingerprint density at radius 1 is 1.22 bits per heavy atom. The zero-order valence-corrected chi connectivity index (χ0v) is 12.8. The minimum absolute atomic E-state index is 0.0943. The summed E-state index contributed by atoms with van der Waals surface area (Å²) in [5, 5.41) is 17.4. The molecule has 1 aliphatic heterocycles. The van der Waals surface area contributed by atoms with Gasteiger partial charge in [0.2, 0.25) is 0 Å². The van der Waals surface area contributed by atoms with Crippen molar-refractivity contribution in [1.29, 1.82) is 0 Å². The Hall–Kier alpha value is -2.44. The smallest absolute Gasteiger partial charge is 0.308 e. The van der Waals surface area contributed by atoms with Gasteiger partial charge in [0.05, 0.1) is 11.5 Å². The van der Waals surface area contributed by atoms with Crippen molar-refractivity contribution in [3.05, 3.63) is 29.7 Å². The van der Waals surface area contributed by atoms with Crippen LogP contribution in [0.4, 0.5) is 0 Å². The summed E-state index contributed by atoms with van der Waals surface area (Å²) in [6, 6.07) is 3.49. The van der Waals surface area contributed by atoms with Crippen LogP contribution >= 0.6 is 0 Å². The molecule has 1 amide bonds. The number of carboxylic acids is 1. The summed E-state index contributed by atoms with van der Waals surface area (Å²) in [7, 11) is 0. The second-order valence-corrected chi connectivity index (χ2v) is 6.55. The second kappa shape index (κ2) is 5.04. The van der Waals surface area contributed by atoms with E-state index in [1.54, 1.807) is 27.6 Å². The van der Waals surface area contributed by atoms with Gasteiger partial charge in [-0.1, -0.05) is 0 Å². The molecule has 7 heteroatoms. The van der Waals surface area contributed by atoms with Gasteiger partial charge in [-0.15, -0.1) is 10.2 Å². The maximum atomic E-state index is 12.8. The standard InChI is InChI=1S/C16H18N4O3/c1-9-17-18-14-5-4-11(6-20(9)14)15(21)19-7-12(10-2-3-10)13(8-19)16(22)23/h4-6,10,12-13H,2-3,7-8H2,1H3,(H,22,23)/t12-,13+/m1/s1. The van der Waals surface area contributed by atoms with Crippen molar-refractivity contribution in [2.75, 3.05) is 13.1 Å². The third-order valence-corrected chi connectivity index (χ3v) is 5.02. The molecule has 2 aromatic rings. The number of rotatable bonds is 3. The second-order valence-electron chi connectivity index (χ2n) is 6.55. The molecule has 0 spiro atoms. The van der Waals surface area contributed by atoms with Gasteiger partial charge in [-0.3, -0.25) is 14.0 Å². The predicted molar refractivity (Wildman–Crippen MR) is 81.0 cm³/mol. The van der Waals surface area contributed by atoms with Crippen molar-refractivity contribution in [2.45, 2.75) is 19.8 Å². The number of aliphatic carboxylic acids is 1. The highest BCUT2D eigenvalue weighted by Crippen LogP contribution is 2.44. The monoisotopic (exact) mass is 314 g/mol. The number of aryl methyl sites for hydroxylation is 1. The fourth-order valence-electron chi connectivity index (χ4n) is 3.57. The van der Waals surface area contributed by atoms with Gasteiger partial charge in [0.15, 0.2) is 5.65 Å². The number of nitrogens with zero attached hydrogens (tertiary/aromatic N) is 4. The third-order valence-electron chi connectivity index (χ3n) is 5.02. The molecule has 2 aliphatic rings. The van der Waals surface area contributed by atoms with Crippen LogP contribution in [0.1, 0.15) is 29.0 Å². The predicted octanol–water partition coefficient (Wildman–Crippen LogP) is 1.22. The lowest BCUT2D eigenvalue weighted by Gasteiger charge is -2.16. The van der Waals surface area contributed by atoms with Crippen LogP contribution in [0.3, 0.4) is 0 Å². The van der Waals surface area contributed by atoms with Crippen LogP contribution in [0.25, 0.3) is 5.65 Å². The van der Waals surface area contributed by atoms with E-state index in [4.69, 9.17) is 0 Å². The van der Waals surface area contributed by atoms with Crippen molar-refractivity contribution in [1.82, 2.24) is 19.5 Å². The van der Waals surface area contributed by atoms with Crippen LogP contribution in [-0.4, -0.2) is 49.6 Å². The maximum absolute atomic E-state index is 12.8. The largest absolute Gasteiger partial charge is 0.481 e. The Labute approximate surface area is 132 Å².